The highest BCUT2D eigenvalue weighted by atomic mass is 16.4. The van der Waals surface area contributed by atoms with Crippen molar-refractivity contribution in [2.75, 3.05) is 0 Å². The van der Waals surface area contributed by atoms with E-state index in [-0.39, 0.29) is 5.92 Å². The molecule has 0 aliphatic heterocycles. The third kappa shape index (κ3) is 0.948. The highest BCUT2D eigenvalue weighted by Gasteiger charge is 2.47. The Balaban J connectivity index is 1.98. The van der Waals surface area contributed by atoms with Crippen LogP contribution in [0.5, 0.6) is 0 Å². The molecular weight excluding hydrogens is 142 g/mol. The van der Waals surface area contributed by atoms with E-state index >= 15 is 0 Å². The molecule has 2 aliphatic carbocycles. The number of carbonyl (C=O) groups is 1. The molecule has 3 heteroatoms. The van der Waals surface area contributed by atoms with Crippen LogP contribution in [0.3, 0.4) is 0 Å². The second-order valence-corrected chi connectivity index (χ2v) is 3.83. The summed E-state index contributed by atoms with van der Waals surface area (Å²) in [6, 6.07) is 0.296. The predicted octanol–water partition coefficient (Wildman–Crippen LogP) is 0.444. The second-order valence-electron chi connectivity index (χ2n) is 3.83. The van der Waals surface area contributed by atoms with Gasteiger partial charge in [0.25, 0.3) is 0 Å². The summed E-state index contributed by atoms with van der Waals surface area (Å²) in [5, 5.41) is 8.72. The van der Waals surface area contributed by atoms with Crippen molar-refractivity contribution in [3.8, 4) is 0 Å². The Bertz CT molecular complexity index is 193. The number of fused-ring (bicyclic) bond motifs is 1. The molecule has 0 saturated heterocycles. The zero-order valence-corrected chi connectivity index (χ0v) is 6.36. The van der Waals surface area contributed by atoms with Crippen molar-refractivity contribution in [3.05, 3.63) is 0 Å². The van der Waals surface area contributed by atoms with E-state index in [1.54, 1.807) is 0 Å². The van der Waals surface area contributed by atoms with E-state index in [2.05, 4.69) is 0 Å². The Labute approximate surface area is 65.6 Å². The fourth-order valence-electron chi connectivity index (χ4n) is 2.48. The van der Waals surface area contributed by atoms with Crippen LogP contribution in [0.4, 0.5) is 0 Å². The molecule has 0 heterocycles. The molecule has 2 rings (SSSR count). The lowest BCUT2D eigenvalue weighted by Gasteiger charge is -2.37. The fourth-order valence-corrected chi connectivity index (χ4v) is 2.48. The summed E-state index contributed by atoms with van der Waals surface area (Å²) in [6.07, 6.45) is 2.74. The maximum Gasteiger partial charge on any atom is 0.306 e. The normalized spacial score (nSPS) is 48.1. The largest absolute Gasteiger partial charge is 0.481 e. The van der Waals surface area contributed by atoms with Gasteiger partial charge in [-0.3, -0.25) is 4.79 Å². The van der Waals surface area contributed by atoms with E-state index in [1.807, 2.05) is 0 Å². The summed E-state index contributed by atoms with van der Waals surface area (Å²) in [6.45, 7) is 0. The van der Waals surface area contributed by atoms with Gasteiger partial charge in [0, 0.05) is 6.04 Å². The van der Waals surface area contributed by atoms with Crippen LogP contribution in [-0.2, 0) is 4.79 Å². The molecule has 11 heavy (non-hydrogen) atoms. The molecular formula is C8H13NO2. The zero-order chi connectivity index (χ0) is 8.01. The molecule has 0 bridgehead atoms. The molecule has 0 aromatic rings. The van der Waals surface area contributed by atoms with Crippen LogP contribution in [0.1, 0.15) is 19.3 Å². The molecule has 3 N–H and O–H groups in total. The lowest BCUT2D eigenvalue weighted by molar-refractivity contribution is -0.141. The summed E-state index contributed by atoms with van der Waals surface area (Å²) in [7, 11) is 0. The van der Waals surface area contributed by atoms with Crippen LogP contribution in [0.25, 0.3) is 0 Å². The molecule has 0 aromatic carbocycles. The molecule has 62 valence electrons. The number of carboxylic acid groups (broad SMARTS) is 1. The Kier molecular flexibility index (Phi) is 1.42. The molecule has 0 aromatic heterocycles. The summed E-state index contributed by atoms with van der Waals surface area (Å²) in [4.78, 5) is 10.6. The van der Waals surface area contributed by atoms with Crippen molar-refractivity contribution in [2.24, 2.45) is 23.5 Å². The van der Waals surface area contributed by atoms with Gasteiger partial charge in [0.15, 0.2) is 0 Å². The topological polar surface area (TPSA) is 63.3 Å². The first-order chi connectivity index (χ1) is 5.18. The van der Waals surface area contributed by atoms with Crippen molar-refractivity contribution in [1.29, 1.82) is 0 Å². The van der Waals surface area contributed by atoms with E-state index in [1.165, 1.54) is 0 Å². The number of hydrogen-bond acceptors (Lipinski definition) is 2. The monoisotopic (exact) mass is 155 g/mol. The SMILES string of the molecule is N[C@@H]1C[C@H]2C[C@H](C(=O)O)C[C@H]21. The van der Waals surface area contributed by atoms with E-state index < -0.39 is 5.97 Å². The van der Waals surface area contributed by atoms with Crippen LogP contribution in [-0.4, -0.2) is 17.1 Å². The van der Waals surface area contributed by atoms with Gasteiger partial charge in [-0.15, -0.1) is 0 Å². The first-order valence-corrected chi connectivity index (χ1v) is 4.17. The Morgan fingerprint density at radius 1 is 1.36 bits per heavy atom. The quantitative estimate of drug-likeness (QED) is 0.577. The van der Waals surface area contributed by atoms with E-state index in [0.29, 0.717) is 17.9 Å². The summed E-state index contributed by atoms with van der Waals surface area (Å²) < 4.78 is 0. The maximum absolute atomic E-state index is 10.6. The highest BCUT2D eigenvalue weighted by molar-refractivity contribution is 5.70. The number of carboxylic acids is 1. The molecule has 3 nitrogen and oxygen atoms in total. The third-order valence-electron chi connectivity index (χ3n) is 3.22. The van der Waals surface area contributed by atoms with Crippen LogP contribution in [0.15, 0.2) is 0 Å². The van der Waals surface area contributed by atoms with E-state index in [9.17, 15) is 4.79 Å². The van der Waals surface area contributed by atoms with Crippen molar-refractivity contribution in [2.45, 2.75) is 25.3 Å². The van der Waals surface area contributed by atoms with Crippen molar-refractivity contribution in [1.82, 2.24) is 0 Å². The minimum absolute atomic E-state index is 0.0986. The first-order valence-electron chi connectivity index (χ1n) is 4.17. The van der Waals surface area contributed by atoms with Gasteiger partial charge < -0.3 is 10.8 Å². The number of hydrogen-bond donors (Lipinski definition) is 2. The van der Waals surface area contributed by atoms with Crippen molar-refractivity contribution in [3.63, 3.8) is 0 Å². The predicted molar refractivity (Wildman–Crippen MR) is 39.9 cm³/mol. The van der Waals surface area contributed by atoms with Gasteiger partial charge in [0.05, 0.1) is 5.92 Å². The van der Waals surface area contributed by atoms with Gasteiger partial charge >= 0.3 is 5.97 Å². The van der Waals surface area contributed by atoms with E-state index in [0.717, 1.165) is 19.3 Å². The first kappa shape index (κ1) is 7.10. The smallest absolute Gasteiger partial charge is 0.306 e. The second kappa shape index (κ2) is 2.21. The van der Waals surface area contributed by atoms with Crippen LogP contribution < -0.4 is 5.73 Å². The van der Waals surface area contributed by atoms with Crippen LogP contribution in [0, 0.1) is 17.8 Å². The summed E-state index contributed by atoms with van der Waals surface area (Å²) in [5.41, 5.74) is 5.73. The molecule has 2 fully saturated rings. The fraction of sp³-hybridized carbons (Fsp3) is 0.875. The molecule has 0 amide bonds. The number of aliphatic carboxylic acids is 1. The lowest BCUT2D eigenvalue weighted by Crippen LogP contribution is -2.44. The highest BCUT2D eigenvalue weighted by Crippen LogP contribution is 2.48. The molecule has 2 saturated carbocycles. The number of nitrogens with two attached hydrogens (primary N) is 1. The van der Waals surface area contributed by atoms with Gasteiger partial charge in [0.1, 0.15) is 0 Å². The van der Waals surface area contributed by atoms with Crippen LogP contribution in [0.2, 0.25) is 0 Å². The van der Waals surface area contributed by atoms with Crippen molar-refractivity contribution < 1.29 is 9.90 Å². The lowest BCUT2D eigenvalue weighted by atomic mass is 9.72. The van der Waals surface area contributed by atoms with Gasteiger partial charge in [0.2, 0.25) is 0 Å². The summed E-state index contributed by atoms with van der Waals surface area (Å²) in [5.74, 6) is 0.423. The summed E-state index contributed by atoms with van der Waals surface area (Å²) >= 11 is 0. The standard InChI is InChI=1S/C8H13NO2/c9-7-3-4-1-5(8(10)11)2-6(4)7/h4-7H,1-3,9H2,(H,10,11)/t4-,5+,6-,7-/m1/s1. The third-order valence-corrected chi connectivity index (χ3v) is 3.22. The average Bonchev–Trinajstić information content (AvgIpc) is 2.26. The minimum Gasteiger partial charge on any atom is -0.481 e. The average molecular weight is 155 g/mol. The van der Waals surface area contributed by atoms with Gasteiger partial charge in [-0.1, -0.05) is 0 Å². The maximum atomic E-state index is 10.6. The van der Waals surface area contributed by atoms with E-state index in [4.69, 9.17) is 10.8 Å². The van der Waals surface area contributed by atoms with Gasteiger partial charge in [-0.05, 0) is 31.1 Å². The Morgan fingerprint density at radius 3 is 2.55 bits per heavy atom. The zero-order valence-electron chi connectivity index (χ0n) is 6.36. The molecule has 0 unspecified atom stereocenters. The van der Waals surface area contributed by atoms with Gasteiger partial charge in [-0.25, -0.2) is 0 Å². The van der Waals surface area contributed by atoms with Gasteiger partial charge in [-0.2, -0.15) is 0 Å². The Hall–Kier alpha value is -0.570. The minimum atomic E-state index is -0.633. The molecule has 4 atom stereocenters. The number of rotatable bonds is 1. The molecule has 0 spiro atoms. The van der Waals surface area contributed by atoms with Crippen LogP contribution >= 0.6 is 0 Å². The Morgan fingerprint density at radius 2 is 2.09 bits per heavy atom. The molecule has 2 aliphatic rings. The molecule has 0 radical (unpaired) electrons. The van der Waals surface area contributed by atoms with Crippen molar-refractivity contribution >= 4 is 5.97 Å².